The lowest BCUT2D eigenvalue weighted by molar-refractivity contribution is 0.241. The molecule has 3 rings (SSSR count). The lowest BCUT2D eigenvalue weighted by atomic mass is 10.3. The molecule has 0 aromatic carbocycles. The number of nitrogens with one attached hydrogen (secondary N) is 1. The Morgan fingerprint density at radius 3 is 2.95 bits per heavy atom. The minimum atomic E-state index is 0.272. The summed E-state index contributed by atoms with van der Waals surface area (Å²) in [6, 6.07) is 4.57. The van der Waals surface area contributed by atoms with E-state index in [4.69, 9.17) is 9.26 Å². The Hall–Kier alpha value is -1.95. The van der Waals surface area contributed by atoms with Gasteiger partial charge >= 0.3 is 0 Å². The Balaban J connectivity index is 1.49. The van der Waals surface area contributed by atoms with Gasteiger partial charge < -0.3 is 14.6 Å². The normalized spacial score (nSPS) is 14.4. The Morgan fingerprint density at radius 2 is 2.30 bits per heavy atom. The van der Waals surface area contributed by atoms with Gasteiger partial charge in [0, 0.05) is 19.0 Å². The minimum absolute atomic E-state index is 0.272. The maximum Gasteiger partial charge on any atom is 0.264 e. The number of aromatic nitrogens is 3. The van der Waals surface area contributed by atoms with Crippen molar-refractivity contribution < 1.29 is 9.26 Å². The standard InChI is InChI=1S/C14H18N4O2/c1-2-13-17-14(20-18-13)9-19-12-6-5-11(16-8-12)7-15-10-3-4-10/h5-6,8,10,15H,2-4,7,9H2,1H3. The number of pyridine rings is 1. The van der Waals surface area contributed by atoms with Crippen molar-refractivity contribution in [2.75, 3.05) is 0 Å². The summed E-state index contributed by atoms with van der Waals surface area (Å²) >= 11 is 0. The van der Waals surface area contributed by atoms with Gasteiger partial charge in [-0.25, -0.2) is 0 Å². The average molecular weight is 274 g/mol. The molecule has 1 aliphatic rings. The second kappa shape index (κ2) is 6.00. The summed E-state index contributed by atoms with van der Waals surface area (Å²) in [5, 5.41) is 7.24. The highest BCUT2D eigenvalue weighted by atomic mass is 16.5. The Bertz CT molecular complexity index is 549. The molecule has 1 fully saturated rings. The quantitative estimate of drug-likeness (QED) is 0.830. The predicted molar refractivity (Wildman–Crippen MR) is 72.1 cm³/mol. The van der Waals surface area contributed by atoms with Crippen molar-refractivity contribution in [2.45, 2.75) is 45.4 Å². The van der Waals surface area contributed by atoms with Crippen LogP contribution in [0.3, 0.4) is 0 Å². The first-order chi connectivity index (χ1) is 9.83. The maximum atomic E-state index is 5.56. The molecule has 2 aromatic heterocycles. The van der Waals surface area contributed by atoms with Gasteiger partial charge in [0.1, 0.15) is 5.75 Å². The molecule has 106 valence electrons. The molecule has 6 nitrogen and oxygen atoms in total. The number of hydrogen-bond donors (Lipinski definition) is 1. The zero-order valence-corrected chi connectivity index (χ0v) is 11.5. The number of aryl methyl sites for hydroxylation is 1. The van der Waals surface area contributed by atoms with Crippen molar-refractivity contribution >= 4 is 0 Å². The molecule has 2 aromatic rings. The highest BCUT2D eigenvalue weighted by molar-refractivity contribution is 5.20. The van der Waals surface area contributed by atoms with E-state index in [1.165, 1.54) is 12.8 Å². The van der Waals surface area contributed by atoms with E-state index in [0.29, 0.717) is 23.5 Å². The summed E-state index contributed by atoms with van der Waals surface area (Å²) < 4.78 is 10.6. The molecule has 0 radical (unpaired) electrons. The van der Waals surface area contributed by atoms with E-state index in [1.54, 1.807) is 6.20 Å². The number of hydrogen-bond acceptors (Lipinski definition) is 6. The fraction of sp³-hybridized carbons (Fsp3) is 0.500. The fourth-order valence-electron chi connectivity index (χ4n) is 1.77. The van der Waals surface area contributed by atoms with E-state index in [9.17, 15) is 0 Å². The SMILES string of the molecule is CCc1noc(COc2ccc(CNC3CC3)nc2)n1. The number of nitrogens with zero attached hydrogens (tertiary/aromatic N) is 3. The first-order valence-electron chi connectivity index (χ1n) is 6.96. The molecule has 0 atom stereocenters. The van der Waals surface area contributed by atoms with Crippen LogP contribution < -0.4 is 10.1 Å². The molecule has 6 heteroatoms. The highest BCUT2D eigenvalue weighted by Crippen LogP contribution is 2.19. The molecule has 0 bridgehead atoms. The van der Waals surface area contributed by atoms with E-state index >= 15 is 0 Å². The van der Waals surface area contributed by atoms with Crippen molar-refractivity contribution in [1.82, 2.24) is 20.4 Å². The molecule has 0 amide bonds. The lowest BCUT2D eigenvalue weighted by Gasteiger charge is -2.05. The van der Waals surface area contributed by atoms with Crippen LogP contribution in [-0.4, -0.2) is 21.2 Å². The van der Waals surface area contributed by atoms with Crippen LogP contribution in [0, 0.1) is 0 Å². The third kappa shape index (κ3) is 3.54. The first-order valence-corrected chi connectivity index (χ1v) is 6.96. The summed E-state index contributed by atoms with van der Waals surface area (Å²) in [4.78, 5) is 8.54. The molecule has 1 aliphatic carbocycles. The first kappa shape index (κ1) is 13.1. The van der Waals surface area contributed by atoms with E-state index in [2.05, 4.69) is 20.4 Å². The van der Waals surface area contributed by atoms with Crippen LogP contribution in [0.4, 0.5) is 0 Å². The van der Waals surface area contributed by atoms with E-state index in [0.717, 1.165) is 18.7 Å². The summed E-state index contributed by atoms with van der Waals surface area (Å²) in [5.74, 6) is 1.89. The molecular weight excluding hydrogens is 256 g/mol. The van der Waals surface area contributed by atoms with E-state index < -0.39 is 0 Å². The topological polar surface area (TPSA) is 73.1 Å². The molecular formula is C14H18N4O2. The lowest BCUT2D eigenvalue weighted by Crippen LogP contribution is -2.16. The molecule has 1 saturated carbocycles. The number of ether oxygens (including phenoxy) is 1. The molecule has 0 spiro atoms. The molecule has 0 aliphatic heterocycles. The van der Waals surface area contributed by atoms with Crippen LogP contribution in [0.1, 0.15) is 37.2 Å². The largest absolute Gasteiger partial charge is 0.482 e. The molecule has 0 unspecified atom stereocenters. The van der Waals surface area contributed by atoms with Gasteiger partial charge in [-0.2, -0.15) is 4.98 Å². The van der Waals surface area contributed by atoms with E-state index in [1.807, 2.05) is 19.1 Å². The number of rotatable bonds is 7. The maximum absolute atomic E-state index is 5.56. The Labute approximate surface area is 117 Å². The summed E-state index contributed by atoms with van der Waals surface area (Å²) in [6.07, 6.45) is 5.05. The van der Waals surface area contributed by atoms with Gasteiger partial charge in [-0.05, 0) is 25.0 Å². The van der Waals surface area contributed by atoms with Crippen LogP contribution >= 0.6 is 0 Å². The zero-order valence-electron chi connectivity index (χ0n) is 11.5. The molecule has 2 heterocycles. The van der Waals surface area contributed by atoms with E-state index in [-0.39, 0.29) is 6.61 Å². The smallest absolute Gasteiger partial charge is 0.264 e. The summed E-state index contributed by atoms with van der Waals surface area (Å²) in [5.41, 5.74) is 1.02. The van der Waals surface area contributed by atoms with Gasteiger partial charge in [-0.3, -0.25) is 4.98 Å². The van der Waals surface area contributed by atoms with Gasteiger partial charge in [0.2, 0.25) is 0 Å². The Morgan fingerprint density at radius 1 is 1.40 bits per heavy atom. The zero-order chi connectivity index (χ0) is 13.8. The fourth-order valence-corrected chi connectivity index (χ4v) is 1.77. The van der Waals surface area contributed by atoms with Crippen molar-refractivity contribution in [3.8, 4) is 5.75 Å². The van der Waals surface area contributed by atoms with Crippen LogP contribution in [0.2, 0.25) is 0 Å². The minimum Gasteiger partial charge on any atom is -0.482 e. The van der Waals surface area contributed by atoms with Crippen molar-refractivity contribution in [2.24, 2.45) is 0 Å². The van der Waals surface area contributed by atoms with Crippen LogP contribution in [-0.2, 0) is 19.6 Å². The van der Waals surface area contributed by atoms with Gasteiger partial charge in [0.15, 0.2) is 12.4 Å². The third-order valence-electron chi connectivity index (χ3n) is 3.14. The van der Waals surface area contributed by atoms with Crippen LogP contribution in [0.25, 0.3) is 0 Å². The Kier molecular flexibility index (Phi) is 3.92. The van der Waals surface area contributed by atoms with Crippen LogP contribution in [0.15, 0.2) is 22.9 Å². The van der Waals surface area contributed by atoms with Gasteiger partial charge in [-0.1, -0.05) is 12.1 Å². The second-order valence-corrected chi connectivity index (χ2v) is 4.89. The highest BCUT2D eigenvalue weighted by Gasteiger charge is 2.20. The van der Waals surface area contributed by atoms with Crippen molar-refractivity contribution in [3.05, 3.63) is 35.7 Å². The summed E-state index contributed by atoms with van der Waals surface area (Å²) in [6.45, 7) is 3.07. The van der Waals surface area contributed by atoms with Gasteiger partial charge in [0.25, 0.3) is 5.89 Å². The molecule has 0 saturated heterocycles. The van der Waals surface area contributed by atoms with Crippen molar-refractivity contribution in [1.29, 1.82) is 0 Å². The average Bonchev–Trinajstić information content (AvgIpc) is 3.21. The monoisotopic (exact) mass is 274 g/mol. The van der Waals surface area contributed by atoms with Gasteiger partial charge in [-0.15, -0.1) is 0 Å². The van der Waals surface area contributed by atoms with Crippen molar-refractivity contribution in [3.63, 3.8) is 0 Å². The third-order valence-corrected chi connectivity index (χ3v) is 3.14. The molecule has 1 N–H and O–H groups in total. The summed E-state index contributed by atoms with van der Waals surface area (Å²) in [7, 11) is 0. The van der Waals surface area contributed by atoms with Crippen LogP contribution in [0.5, 0.6) is 5.75 Å². The second-order valence-electron chi connectivity index (χ2n) is 4.89. The van der Waals surface area contributed by atoms with Gasteiger partial charge in [0.05, 0.1) is 11.9 Å². The predicted octanol–water partition coefficient (Wildman–Crippen LogP) is 1.86. The molecule has 20 heavy (non-hydrogen) atoms.